The lowest BCUT2D eigenvalue weighted by Crippen LogP contribution is -2.57. The van der Waals surface area contributed by atoms with Gasteiger partial charge in [-0.2, -0.15) is 0 Å². The Morgan fingerprint density at radius 2 is 2.23 bits per heavy atom. The van der Waals surface area contributed by atoms with Crippen LogP contribution in [0.3, 0.4) is 0 Å². The van der Waals surface area contributed by atoms with Crippen molar-refractivity contribution < 1.29 is 4.79 Å². The number of fused-ring (bicyclic) bond motifs is 1. The SMILES string of the molecule is CC1(C)CC(N)CC2CCC(=O)N21. The van der Waals surface area contributed by atoms with Crippen molar-refractivity contribution in [3.05, 3.63) is 0 Å². The molecule has 13 heavy (non-hydrogen) atoms. The summed E-state index contributed by atoms with van der Waals surface area (Å²) >= 11 is 0. The van der Waals surface area contributed by atoms with Gasteiger partial charge in [0.25, 0.3) is 0 Å². The first kappa shape index (κ1) is 9.00. The first-order chi connectivity index (χ1) is 6.00. The number of amides is 1. The van der Waals surface area contributed by atoms with Crippen LogP contribution in [0.2, 0.25) is 0 Å². The Labute approximate surface area is 79.3 Å². The van der Waals surface area contributed by atoms with Crippen molar-refractivity contribution in [1.82, 2.24) is 4.90 Å². The molecule has 2 saturated heterocycles. The molecule has 0 bridgehead atoms. The standard InChI is InChI=1S/C10H18N2O/c1-10(2)6-7(11)5-8-3-4-9(13)12(8)10/h7-8H,3-6,11H2,1-2H3. The lowest BCUT2D eigenvalue weighted by Gasteiger charge is -2.46. The van der Waals surface area contributed by atoms with E-state index in [9.17, 15) is 4.79 Å². The van der Waals surface area contributed by atoms with Crippen LogP contribution in [0, 0.1) is 0 Å². The maximum Gasteiger partial charge on any atom is 0.223 e. The van der Waals surface area contributed by atoms with Crippen LogP contribution in [0.25, 0.3) is 0 Å². The Kier molecular flexibility index (Phi) is 1.88. The van der Waals surface area contributed by atoms with Gasteiger partial charge in [0.2, 0.25) is 5.91 Å². The van der Waals surface area contributed by atoms with Gasteiger partial charge in [-0.15, -0.1) is 0 Å². The summed E-state index contributed by atoms with van der Waals surface area (Å²) in [5.74, 6) is 0.321. The van der Waals surface area contributed by atoms with E-state index in [-0.39, 0.29) is 11.6 Å². The van der Waals surface area contributed by atoms with Gasteiger partial charge in [-0.25, -0.2) is 0 Å². The summed E-state index contributed by atoms with van der Waals surface area (Å²) < 4.78 is 0. The molecule has 0 aromatic rings. The normalized spacial score (nSPS) is 37.8. The largest absolute Gasteiger partial charge is 0.334 e. The van der Waals surface area contributed by atoms with Gasteiger partial charge in [0.05, 0.1) is 0 Å². The first-order valence-corrected chi connectivity index (χ1v) is 5.08. The molecule has 74 valence electrons. The molecule has 2 fully saturated rings. The summed E-state index contributed by atoms with van der Waals surface area (Å²) in [6.45, 7) is 4.25. The molecule has 2 aliphatic rings. The molecule has 2 rings (SSSR count). The van der Waals surface area contributed by atoms with Gasteiger partial charge in [-0.1, -0.05) is 0 Å². The van der Waals surface area contributed by atoms with Gasteiger partial charge >= 0.3 is 0 Å². The first-order valence-electron chi connectivity index (χ1n) is 5.08. The Balaban J connectivity index is 2.24. The molecule has 0 spiro atoms. The topological polar surface area (TPSA) is 46.3 Å². The predicted molar refractivity (Wildman–Crippen MR) is 51.2 cm³/mol. The van der Waals surface area contributed by atoms with E-state index in [0.29, 0.717) is 11.9 Å². The van der Waals surface area contributed by atoms with Crippen LogP contribution in [0.5, 0.6) is 0 Å². The van der Waals surface area contributed by atoms with E-state index in [4.69, 9.17) is 5.73 Å². The number of nitrogens with two attached hydrogens (primary N) is 1. The van der Waals surface area contributed by atoms with Crippen molar-refractivity contribution in [3.63, 3.8) is 0 Å². The minimum atomic E-state index is -0.0179. The van der Waals surface area contributed by atoms with Crippen molar-refractivity contribution >= 4 is 5.91 Å². The average molecular weight is 182 g/mol. The second kappa shape index (κ2) is 2.71. The van der Waals surface area contributed by atoms with Gasteiger partial charge in [0.1, 0.15) is 0 Å². The molecular formula is C10H18N2O. The number of nitrogens with zero attached hydrogens (tertiary/aromatic N) is 1. The second-order valence-corrected chi connectivity index (χ2v) is 4.97. The lowest BCUT2D eigenvalue weighted by atomic mass is 9.84. The fourth-order valence-electron chi connectivity index (χ4n) is 2.97. The number of carbonyl (C=O) groups excluding carboxylic acids is 1. The predicted octanol–water partition coefficient (Wildman–Crippen LogP) is 0.877. The monoisotopic (exact) mass is 182 g/mol. The Hall–Kier alpha value is -0.570. The number of carbonyl (C=O) groups is 1. The highest BCUT2D eigenvalue weighted by atomic mass is 16.2. The van der Waals surface area contributed by atoms with Gasteiger partial charge < -0.3 is 10.6 Å². The van der Waals surface area contributed by atoms with Crippen LogP contribution in [0.15, 0.2) is 0 Å². The van der Waals surface area contributed by atoms with Crippen molar-refractivity contribution in [2.45, 2.75) is 57.2 Å². The number of hydrogen-bond donors (Lipinski definition) is 1. The van der Waals surface area contributed by atoms with E-state index < -0.39 is 0 Å². The highest BCUT2D eigenvalue weighted by molar-refractivity contribution is 5.79. The third-order valence-corrected chi connectivity index (χ3v) is 3.31. The molecule has 0 aromatic heterocycles. The molecule has 2 aliphatic heterocycles. The molecule has 3 heteroatoms. The summed E-state index contributed by atoms with van der Waals surface area (Å²) in [5, 5.41) is 0. The van der Waals surface area contributed by atoms with Crippen LogP contribution >= 0.6 is 0 Å². The molecule has 0 saturated carbocycles. The van der Waals surface area contributed by atoms with Gasteiger partial charge in [-0.05, 0) is 33.1 Å². The van der Waals surface area contributed by atoms with Crippen LogP contribution in [0.1, 0.15) is 39.5 Å². The summed E-state index contributed by atoms with van der Waals surface area (Å²) in [4.78, 5) is 13.7. The Morgan fingerprint density at radius 1 is 1.54 bits per heavy atom. The minimum absolute atomic E-state index is 0.0179. The van der Waals surface area contributed by atoms with E-state index in [1.54, 1.807) is 0 Å². The third kappa shape index (κ3) is 1.35. The lowest BCUT2D eigenvalue weighted by molar-refractivity contribution is -0.136. The van der Waals surface area contributed by atoms with Gasteiger partial charge in [0.15, 0.2) is 0 Å². The van der Waals surface area contributed by atoms with Crippen molar-refractivity contribution in [2.24, 2.45) is 5.73 Å². The number of rotatable bonds is 0. The molecule has 0 radical (unpaired) electrons. The average Bonchev–Trinajstić information content (AvgIpc) is 2.29. The smallest absolute Gasteiger partial charge is 0.223 e. The zero-order chi connectivity index (χ0) is 9.64. The van der Waals surface area contributed by atoms with Crippen LogP contribution in [0.4, 0.5) is 0 Å². The summed E-state index contributed by atoms with van der Waals surface area (Å²) in [6.07, 6.45) is 3.67. The zero-order valence-electron chi connectivity index (χ0n) is 8.42. The maximum absolute atomic E-state index is 11.6. The summed E-state index contributed by atoms with van der Waals surface area (Å²) in [5.41, 5.74) is 5.96. The molecule has 2 unspecified atom stereocenters. The molecule has 0 aromatic carbocycles. The van der Waals surface area contributed by atoms with Crippen LogP contribution in [-0.2, 0) is 4.79 Å². The van der Waals surface area contributed by atoms with Crippen molar-refractivity contribution in [2.75, 3.05) is 0 Å². The summed E-state index contributed by atoms with van der Waals surface area (Å²) in [7, 11) is 0. The molecule has 2 heterocycles. The van der Waals surface area contributed by atoms with Crippen LogP contribution in [-0.4, -0.2) is 28.4 Å². The Bertz CT molecular complexity index is 237. The fraction of sp³-hybridized carbons (Fsp3) is 0.900. The fourth-order valence-corrected chi connectivity index (χ4v) is 2.97. The number of hydrogen-bond acceptors (Lipinski definition) is 2. The van der Waals surface area contributed by atoms with E-state index in [0.717, 1.165) is 25.7 Å². The number of piperidine rings is 1. The zero-order valence-corrected chi connectivity index (χ0v) is 8.42. The molecular weight excluding hydrogens is 164 g/mol. The summed E-state index contributed by atoms with van der Waals surface area (Å²) in [6, 6.07) is 0.702. The third-order valence-electron chi connectivity index (χ3n) is 3.31. The molecule has 0 aliphatic carbocycles. The molecule has 3 nitrogen and oxygen atoms in total. The van der Waals surface area contributed by atoms with Crippen molar-refractivity contribution in [1.29, 1.82) is 0 Å². The van der Waals surface area contributed by atoms with E-state index in [1.165, 1.54) is 0 Å². The molecule has 2 N–H and O–H groups in total. The van der Waals surface area contributed by atoms with E-state index in [1.807, 2.05) is 0 Å². The maximum atomic E-state index is 11.6. The van der Waals surface area contributed by atoms with Gasteiger partial charge in [-0.3, -0.25) is 4.79 Å². The van der Waals surface area contributed by atoms with Gasteiger partial charge in [0, 0.05) is 24.0 Å². The highest BCUT2D eigenvalue weighted by Gasteiger charge is 2.45. The van der Waals surface area contributed by atoms with E-state index >= 15 is 0 Å². The highest BCUT2D eigenvalue weighted by Crippen LogP contribution is 2.37. The molecule has 2 atom stereocenters. The van der Waals surface area contributed by atoms with Crippen LogP contribution < -0.4 is 5.73 Å². The minimum Gasteiger partial charge on any atom is -0.334 e. The van der Waals surface area contributed by atoms with Crippen molar-refractivity contribution in [3.8, 4) is 0 Å². The Morgan fingerprint density at radius 3 is 2.92 bits per heavy atom. The van der Waals surface area contributed by atoms with E-state index in [2.05, 4.69) is 18.7 Å². The molecule has 1 amide bonds. The second-order valence-electron chi connectivity index (χ2n) is 4.97. The quantitative estimate of drug-likeness (QED) is 0.604.